The molecule has 2 rings (SSSR count). The number of nitrogens with one attached hydrogen (secondary N) is 1. The lowest BCUT2D eigenvalue weighted by atomic mass is 10.1. The van der Waals surface area contributed by atoms with Gasteiger partial charge in [-0.25, -0.2) is 9.97 Å². The van der Waals surface area contributed by atoms with Crippen LogP contribution in [-0.2, 0) is 13.0 Å². The van der Waals surface area contributed by atoms with Gasteiger partial charge in [-0.05, 0) is 24.1 Å². The Bertz CT molecular complexity index is 538. The zero-order chi connectivity index (χ0) is 15.1. The lowest BCUT2D eigenvalue weighted by Gasteiger charge is -2.08. The van der Waals surface area contributed by atoms with Crippen molar-refractivity contribution in [1.29, 1.82) is 0 Å². The second-order valence-electron chi connectivity index (χ2n) is 5.13. The molecule has 5 heteroatoms. The van der Waals surface area contributed by atoms with Crippen molar-refractivity contribution in [3.8, 4) is 11.8 Å². The molecule has 0 amide bonds. The van der Waals surface area contributed by atoms with Crippen molar-refractivity contribution in [3.05, 3.63) is 47.8 Å². The molecule has 0 aliphatic carbocycles. The summed E-state index contributed by atoms with van der Waals surface area (Å²) in [5.74, 6) is 0.685. The van der Waals surface area contributed by atoms with Gasteiger partial charge in [-0.2, -0.15) is 0 Å². The molecule has 5 nitrogen and oxygen atoms in total. The first-order valence-electron chi connectivity index (χ1n) is 7.09. The molecule has 0 fully saturated rings. The van der Waals surface area contributed by atoms with Crippen molar-refractivity contribution in [2.24, 2.45) is 0 Å². The third-order valence-electron chi connectivity index (χ3n) is 2.93. The first-order valence-corrected chi connectivity index (χ1v) is 7.09. The SMILES string of the molecule is CC(C)NCc1cnc(Oc2ccc(CCO)cc2)nc1. The minimum Gasteiger partial charge on any atom is -0.424 e. The van der Waals surface area contributed by atoms with Crippen molar-refractivity contribution in [2.75, 3.05) is 6.61 Å². The molecular weight excluding hydrogens is 266 g/mol. The van der Waals surface area contributed by atoms with Crippen LogP contribution in [0, 0.1) is 0 Å². The number of rotatable bonds is 7. The van der Waals surface area contributed by atoms with Crippen molar-refractivity contribution in [1.82, 2.24) is 15.3 Å². The van der Waals surface area contributed by atoms with E-state index in [-0.39, 0.29) is 6.61 Å². The van der Waals surface area contributed by atoms with Crippen molar-refractivity contribution in [2.45, 2.75) is 32.9 Å². The van der Waals surface area contributed by atoms with Crippen LogP contribution >= 0.6 is 0 Å². The highest BCUT2D eigenvalue weighted by Gasteiger charge is 2.02. The highest BCUT2D eigenvalue weighted by atomic mass is 16.5. The van der Waals surface area contributed by atoms with E-state index in [0.717, 1.165) is 17.7 Å². The van der Waals surface area contributed by atoms with Crippen LogP contribution in [0.15, 0.2) is 36.7 Å². The van der Waals surface area contributed by atoms with Gasteiger partial charge in [0.05, 0.1) is 0 Å². The van der Waals surface area contributed by atoms with E-state index in [0.29, 0.717) is 24.2 Å². The Labute approximate surface area is 125 Å². The molecule has 0 bridgehead atoms. The Morgan fingerprint density at radius 3 is 2.33 bits per heavy atom. The standard InChI is InChI=1S/C16H21N3O2/c1-12(2)17-9-14-10-18-16(19-11-14)21-15-5-3-13(4-6-15)7-8-20/h3-6,10-12,17,20H,7-9H2,1-2H3. The van der Waals surface area contributed by atoms with Gasteiger partial charge in [0.25, 0.3) is 0 Å². The smallest absolute Gasteiger partial charge is 0.321 e. The van der Waals surface area contributed by atoms with E-state index in [9.17, 15) is 0 Å². The summed E-state index contributed by atoms with van der Waals surface area (Å²) in [5.41, 5.74) is 2.09. The number of hydrogen-bond donors (Lipinski definition) is 2. The molecule has 1 heterocycles. The van der Waals surface area contributed by atoms with E-state index in [1.807, 2.05) is 24.3 Å². The van der Waals surface area contributed by atoms with Gasteiger partial charge in [-0.1, -0.05) is 26.0 Å². The molecule has 2 N–H and O–H groups in total. The zero-order valence-corrected chi connectivity index (χ0v) is 12.4. The van der Waals surface area contributed by atoms with E-state index in [4.69, 9.17) is 9.84 Å². The maximum atomic E-state index is 8.87. The molecule has 1 aromatic carbocycles. The van der Waals surface area contributed by atoms with Gasteiger partial charge in [-0.3, -0.25) is 0 Å². The fraction of sp³-hybridized carbons (Fsp3) is 0.375. The van der Waals surface area contributed by atoms with Crippen molar-refractivity contribution >= 4 is 0 Å². The summed E-state index contributed by atoms with van der Waals surface area (Å²) < 4.78 is 5.59. The predicted molar refractivity (Wildman–Crippen MR) is 81.3 cm³/mol. The minimum absolute atomic E-state index is 0.148. The molecule has 0 unspecified atom stereocenters. The molecule has 2 aromatic rings. The summed E-state index contributed by atoms with van der Waals surface area (Å²) in [6, 6.07) is 8.31. The molecule has 0 aliphatic rings. The predicted octanol–water partition coefficient (Wildman–Crippen LogP) is 2.30. The van der Waals surface area contributed by atoms with E-state index >= 15 is 0 Å². The number of nitrogens with zero attached hydrogens (tertiary/aromatic N) is 2. The van der Waals surface area contributed by atoms with Gasteiger partial charge in [0.1, 0.15) is 5.75 Å². The van der Waals surface area contributed by atoms with E-state index in [2.05, 4.69) is 29.1 Å². The molecule has 0 radical (unpaired) electrons. The second-order valence-corrected chi connectivity index (χ2v) is 5.13. The van der Waals surface area contributed by atoms with Crippen LogP contribution in [0.2, 0.25) is 0 Å². The summed E-state index contributed by atoms with van der Waals surface area (Å²) >= 11 is 0. The Morgan fingerprint density at radius 1 is 1.10 bits per heavy atom. The highest BCUT2D eigenvalue weighted by Crippen LogP contribution is 2.18. The zero-order valence-electron chi connectivity index (χ0n) is 12.4. The van der Waals surface area contributed by atoms with Crippen molar-refractivity contribution in [3.63, 3.8) is 0 Å². The summed E-state index contributed by atoms with van der Waals surface area (Å²) in [4.78, 5) is 8.39. The van der Waals surface area contributed by atoms with Crippen LogP contribution in [0.25, 0.3) is 0 Å². The van der Waals surface area contributed by atoms with E-state index < -0.39 is 0 Å². The summed E-state index contributed by atoms with van der Waals surface area (Å²) in [6.45, 7) is 5.08. The first kappa shape index (κ1) is 15.4. The summed E-state index contributed by atoms with van der Waals surface area (Å²) in [5, 5.41) is 12.2. The third-order valence-corrected chi connectivity index (χ3v) is 2.93. The summed E-state index contributed by atoms with van der Waals surface area (Å²) in [7, 11) is 0. The monoisotopic (exact) mass is 287 g/mol. The molecule has 0 aliphatic heterocycles. The normalized spacial score (nSPS) is 10.9. The molecule has 0 saturated carbocycles. The quantitative estimate of drug-likeness (QED) is 0.818. The van der Waals surface area contributed by atoms with Gasteiger partial charge in [-0.15, -0.1) is 0 Å². The third kappa shape index (κ3) is 5.13. The summed E-state index contributed by atoms with van der Waals surface area (Å²) in [6.07, 6.45) is 4.17. The van der Waals surface area contributed by atoms with Gasteiger partial charge in [0, 0.05) is 37.2 Å². The van der Waals surface area contributed by atoms with Gasteiger partial charge >= 0.3 is 6.01 Å². The van der Waals surface area contributed by atoms with Crippen LogP contribution in [-0.4, -0.2) is 27.7 Å². The average Bonchev–Trinajstić information content (AvgIpc) is 2.49. The van der Waals surface area contributed by atoms with Crippen LogP contribution < -0.4 is 10.1 Å². The molecule has 0 saturated heterocycles. The Kier molecular flexibility index (Phi) is 5.66. The van der Waals surface area contributed by atoms with Crippen LogP contribution in [0.3, 0.4) is 0 Å². The number of benzene rings is 1. The lowest BCUT2D eigenvalue weighted by molar-refractivity contribution is 0.299. The molecule has 112 valence electrons. The molecule has 1 aromatic heterocycles. The maximum Gasteiger partial charge on any atom is 0.321 e. The number of hydrogen-bond acceptors (Lipinski definition) is 5. The van der Waals surface area contributed by atoms with Crippen molar-refractivity contribution < 1.29 is 9.84 Å². The molecular formula is C16H21N3O2. The molecule has 21 heavy (non-hydrogen) atoms. The Morgan fingerprint density at radius 2 is 1.76 bits per heavy atom. The maximum absolute atomic E-state index is 8.87. The second kappa shape index (κ2) is 7.71. The van der Waals surface area contributed by atoms with Crippen LogP contribution in [0.1, 0.15) is 25.0 Å². The number of aliphatic hydroxyl groups excluding tert-OH is 1. The fourth-order valence-electron chi connectivity index (χ4n) is 1.77. The fourth-order valence-corrected chi connectivity index (χ4v) is 1.77. The number of aliphatic hydroxyl groups is 1. The Balaban J connectivity index is 1.93. The lowest BCUT2D eigenvalue weighted by Crippen LogP contribution is -2.21. The van der Waals surface area contributed by atoms with Gasteiger partial charge < -0.3 is 15.2 Å². The molecule has 0 atom stereocenters. The van der Waals surface area contributed by atoms with Gasteiger partial charge in [0.2, 0.25) is 0 Å². The number of aromatic nitrogens is 2. The van der Waals surface area contributed by atoms with E-state index in [1.165, 1.54) is 0 Å². The van der Waals surface area contributed by atoms with Gasteiger partial charge in [0.15, 0.2) is 0 Å². The number of ether oxygens (including phenoxy) is 1. The minimum atomic E-state index is 0.148. The molecule has 0 spiro atoms. The largest absolute Gasteiger partial charge is 0.424 e. The first-order chi connectivity index (χ1) is 10.2. The average molecular weight is 287 g/mol. The van der Waals surface area contributed by atoms with E-state index in [1.54, 1.807) is 12.4 Å². The van der Waals surface area contributed by atoms with Crippen LogP contribution in [0.4, 0.5) is 0 Å². The topological polar surface area (TPSA) is 67.3 Å². The Hall–Kier alpha value is -1.98. The highest BCUT2D eigenvalue weighted by molar-refractivity contribution is 5.29. The van der Waals surface area contributed by atoms with Crippen LogP contribution in [0.5, 0.6) is 11.8 Å².